The van der Waals surface area contributed by atoms with E-state index in [1.165, 1.54) is 0 Å². The van der Waals surface area contributed by atoms with E-state index in [2.05, 4.69) is 15.4 Å². The molecule has 7 heteroatoms. The van der Waals surface area contributed by atoms with Gasteiger partial charge in [0.2, 0.25) is 0 Å². The summed E-state index contributed by atoms with van der Waals surface area (Å²) in [6.07, 6.45) is 5.57. The van der Waals surface area contributed by atoms with Crippen LogP contribution in [0.2, 0.25) is 0 Å². The van der Waals surface area contributed by atoms with Gasteiger partial charge in [0.25, 0.3) is 0 Å². The van der Waals surface area contributed by atoms with Crippen LogP contribution in [-0.4, -0.2) is 13.8 Å². The summed E-state index contributed by atoms with van der Waals surface area (Å²) in [4.78, 5) is 8.57. The first-order valence-electron chi connectivity index (χ1n) is 5.52. The summed E-state index contributed by atoms with van der Waals surface area (Å²) in [5.74, 6) is 0. The van der Waals surface area contributed by atoms with Gasteiger partial charge in [0.1, 0.15) is 10.1 Å². The molecule has 0 unspecified atom stereocenters. The number of nitrogens with one attached hydrogen (secondary N) is 1. The quantitative estimate of drug-likeness (QED) is 0.866. The van der Waals surface area contributed by atoms with E-state index in [4.69, 9.17) is 0 Å². The summed E-state index contributed by atoms with van der Waals surface area (Å²) in [5.41, 5.74) is 3.18. The highest BCUT2D eigenvalue weighted by Crippen LogP contribution is 2.41. The van der Waals surface area contributed by atoms with Gasteiger partial charge in [-0.2, -0.15) is 0 Å². The summed E-state index contributed by atoms with van der Waals surface area (Å²) < 4.78 is 3.12. The van der Waals surface area contributed by atoms with Crippen LogP contribution in [0.15, 0.2) is 69.3 Å². The molecule has 1 N–H and O–H groups in total. The van der Waals surface area contributed by atoms with Gasteiger partial charge in [0.15, 0.2) is 0 Å². The maximum atomic E-state index is 4.29. The third-order valence-corrected chi connectivity index (χ3v) is 5.08. The van der Waals surface area contributed by atoms with Crippen molar-refractivity contribution < 1.29 is 0 Å². The molecule has 0 spiro atoms. The summed E-state index contributed by atoms with van der Waals surface area (Å²) >= 11 is 4.82. The summed E-state index contributed by atoms with van der Waals surface area (Å²) in [6.45, 7) is 0. The minimum absolute atomic E-state index is 0.958. The maximum absolute atomic E-state index is 4.29. The average Bonchev–Trinajstić information content (AvgIpc) is 2.88. The molecular weight excluding hydrogens is 296 g/mol. The Morgan fingerprint density at radius 2 is 1.74 bits per heavy atom. The molecule has 1 aliphatic rings. The van der Waals surface area contributed by atoms with Crippen molar-refractivity contribution in [3.05, 3.63) is 59.2 Å². The van der Waals surface area contributed by atoms with E-state index in [9.17, 15) is 0 Å². The zero-order valence-corrected chi connectivity index (χ0v) is 12.2. The largest absolute Gasteiger partial charge is 0.305 e. The van der Waals surface area contributed by atoms with Crippen LogP contribution < -0.4 is 5.43 Å². The third kappa shape index (κ3) is 3.66. The van der Waals surface area contributed by atoms with Crippen LogP contribution in [0, 0.1) is 0 Å². The third-order valence-electron chi connectivity index (χ3n) is 2.12. The second-order valence-corrected chi connectivity index (χ2v) is 6.98. The molecule has 0 saturated heterocycles. The number of hydrazine groups is 1. The topological polar surface area (TPSA) is 41.1 Å². The van der Waals surface area contributed by atoms with Crippen LogP contribution in [0.1, 0.15) is 0 Å². The summed E-state index contributed by atoms with van der Waals surface area (Å²) in [6, 6.07) is 11.8. The van der Waals surface area contributed by atoms with E-state index in [0.29, 0.717) is 0 Å². The standard InChI is InChI=1S/C12H10N4S3/c1-3-7-13-10(5-1)17-12-9-15-16(19-12)18-11-6-2-4-8-14-11/h1-9,15H. The fourth-order valence-electron chi connectivity index (χ4n) is 1.33. The lowest BCUT2D eigenvalue weighted by atomic mass is 10.5. The number of thioether (sulfide) groups is 1. The Bertz CT molecular complexity index is 562. The Morgan fingerprint density at radius 3 is 2.42 bits per heavy atom. The van der Waals surface area contributed by atoms with Crippen LogP contribution in [0.5, 0.6) is 0 Å². The van der Waals surface area contributed by atoms with Gasteiger partial charge in [0, 0.05) is 42.5 Å². The first-order valence-corrected chi connectivity index (χ1v) is 7.89. The van der Waals surface area contributed by atoms with Crippen LogP contribution >= 0.6 is 35.7 Å². The number of hydrogen-bond acceptors (Lipinski definition) is 7. The van der Waals surface area contributed by atoms with Gasteiger partial charge in [-0.1, -0.05) is 27.7 Å². The highest BCUT2D eigenvalue weighted by atomic mass is 32.2. The molecule has 3 rings (SSSR count). The smallest absolute Gasteiger partial charge is 0.114 e. The molecule has 0 atom stereocenters. The molecular formula is C12H10N4S3. The van der Waals surface area contributed by atoms with Crippen molar-refractivity contribution >= 4 is 35.7 Å². The Hall–Kier alpha value is -1.15. The van der Waals surface area contributed by atoms with Gasteiger partial charge < -0.3 is 5.43 Å². The molecule has 0 amide bonds. The Kier molecular flexibility index (Phi) is 4.29. The SMILES string of the molecule is C1=C(Sc2ccccn2)SN(Sc2ccccn2)N1. The second-order valence-electron chi connectivity index (χ2n) is 3.47. The van der Waals surface area contributed by atoms with Crippen LogP contribution in [0.3, 0.4) is 0 Å². The van der Waals surface area contributed by atoms with E-state index >= 15 is 0 Å². The fourth-order valence-corrected chi connectivity index (χ4v) is 4.19. The Balaban J connectivity index is 1.55. The van der Waals surface area contributed by atoms with Crippen LogP contribution in [0.25, 0.3) is 0 Å². The van der Waals surface area contributed by atoms with E-state index in [1.54, 1.807) is 48.1 Å². The molecule has 96 valence electrons. The van der Waals surface area contributed by atoms with E-state index in [0.717, 1.165) is 14.3 Å². The molecule has 0 saturated carbocycles. The number of nitrogens with zero attached hydrogens (tertiary/aromatic N) is 3. The molecule has 19 heavy (non-hydrogen) atoms. The van der Waals surface area contributed by atoms with Crippen molar-refractivity contribution in [3.8, 4) is 0 Å². The minimum atomic E-state index is 0.958. The van der Waals surface area contributed by atoms with Gasteiger partial charge >= 0.3 is 0 Å². The summed E-state index contributed by atoms with van der Waals surface area (Å²) in [7, 11) is 0. The molecule has 2 aromatic heterocycles. The number of pyridine rings is 2. The Labute approximate surface area is 124 Å². The predicted molar refractivity (Wildman–Crippen MR) is 80.8 cm³/mol. The van der Waals surface area contributed by atoms with E-state index < -0.39 is 0 Å². The molecule has 4 nitrogen and oxygen atoms in total. The monoisotopic (exact) mass is 306 g/mol. The second kappa shape index (κ2) is 6.33. The first-order chi connectivity index (χ1) is 9.40. The van der Waals surface area contributed by atoms with Crippen molar-refractivity contribution in [1.82, 2.24) is 19.2 Å². The highest BCUT2D eigenvalue weighted by Gasteiger charge is 2.18. The van der Waals surface area contributed by atoms with Gasteiger partial charge in [-0.3, -0.25) is 0 Å². The molecule has 0 aliphatic carbocycles. The predicted octanol–water partition coefficient (Wildman–Crippen LogP) is 3.54. The van der Waals surface area contributed by atoms with Crippen LogP contribution in [-0.2, 0) is 0 Å². The molecule has 2 aromatic rings. The van der Waals surface area contributed by atoms with Crippen molar-refractivity contribution in [2.45, 2.75) is 10.1 Å². The minimum Gasteiger partial charge on any atom is -0.305 e. The van der Waals surface area contributed by atoms with Crippen molar-refractivity contribution in [2.75, 3.05) is 0 Å². The maximum Gasteiger partial charge on any atom is 0.114 e. The van der Waals surface area contributed by atoms with Gasteiger partial charge in [0.05, 0.1) is 4.24 Å². The molecule has 0 fully saturated rings. The van der Waals surface area contributed by atoms with Crippen molar-refractivity contribution in [2.24, 2.45) is 0 Å². The van der Waals surface area contributed by atoms with Crippen LogP contribution in [0.4, 0.5) is 0 Å². The first kappa shape index (κ1) is 12.9. The average molecular weight is 306 g/mol. The lowest BCUT2D eigenvalue weighted by molar-refractivity contribution is 0.665. The van der Waals surface area contributed by atoms with Crippen molar-refractivity contribution in [3.63, 3.8) is 0 Å². The number of aromatic nitrogens is 2. The van der Waals surface area contributed by atoms with Gasteiger partial charge in [-0.25, -0.2) is 9.97 Å². The molecule has 0 radical (unpaired) electrons. The Morgan fingerprint density at radius 1 is 1.00 bits per heavy atom. The highest BCUT2D eigenvalue weighted by molar-refractivity contribution is 8.25. The molecule has 0 bridgehead atoms. The molecule has 0 aromatic carbocycles. The summed E-state index contributed by atoms with van der Waals surface area (Å²) in [5, 5.41) is 1.95. The van der Waals surface area contributed by atoms with E-state index in [-0.39, 0.29) is 0 Å². The number of hydrogen-bond donors (Lipinski definition) is 1. The van der Waals surface area contributed by atoms with Gasteiger partial charge in [-0.15, -0.1) is 0 Å². The molecule has 3 heterocycles. The molecule has 1 aliphatic heterocycles. The zero-order valence-electron chi connectivity index (χ0n) is 9.76. The lowest BCUT2D eigenvalue weighted by Crippen LogP contribution is -2.14. The zero-order chi connectivity index (χ0) is 12.9. The van der Waals surface area contributed by atoms with Crippen molar-refractivity contribution in [1.29, 1.82) is 0 Å². The lowest BCUT2D eigenvalue weighted by Gasteiger charge is -2.11. The fraction of sp³-hybridized carbons (Fsp3) is 0. The van der Waals surface area contributed by atoms with Gasteiger partial charge in [-0.05, 0) is 24.3 Å². The van der Waals surface area contributed by atoms with E-state index in [1.807, 2.05) is 46.4 Å². The number of rotatable bonds is 4. The normalized spacial score (nSPS) is 15.1.